The van der Waals surface area contributed by atoms with Crippen molar-refractivity contribution in [3.8, 4) is 5.75 Å². The number of esters is 1. The summed E-state index contributed by atoms with van der Waals surface area (Å²) < 4.78 is 23.3. The zero-order valence-corrected chi connectivity index (χ0v) is 11.1. The van der Waals surface area contributed by atoms with Gasteiger partial charge in [-0.3, -0.25) is 4.98 Å². The van der Waals surface area contributed by atoms with E-state index in [1.54, 1.807) is 13.0 Å². The number of carbonyl (C=O) groups excluding carboxylic acids is 1. The molecule has 0 saturated heterocycles. The first kappa shape index (κ1) is 13.9. The second kappa shape index (κ2) is 6.10. The van der Waals surface area contributed by atoms with Crippen molar-refractivity contribution in [3.63, 3.8) is 0 Å². The normalized spacial score (nSPS) is 10.2. The summed E-state index contributed by atoms with van der Waals surface area (Å²) in [4.78, 5) is 19.6. The monoisotopic (exact) mass is 276 g/mol. The van der Waals surface area contributed by atoms with E-state index in [0.29, 0.717) is 11.3 Å². The van der Waals surface area contributed by atoms with Crippen molar-refractivity contribution in [2.45, 2.75) is 13.5 Å². The predicted octanol–water partition coefficient (Wildman–Crippen LogP) is 2.29. The highest BCUT2D eigenvalue weighted by atomic mass is 19.1. The van der Waals surface area contributed by atoms with Crippen molar-refractivity contribution in [1.82, 2.24) is 9.97 Å². The lowest BCUT2D eigenvalue weighted by molar-refractivity contribution is 0.0464. The number of hydrogen-bond donors (Lipinski definition) is 0. The molecule has 20 heavy (non-hydrogen) atoms. The summed E-state index contributed by atoms with van der Waals surface area (Å²) >= 11 is 0. The van der Waals surface area contributed by atoms with Gasteiger partial charge in [0, 0.05) is 6.20 Å². The average molecular weight is 276 g/mol. The van der Waals surface area contributed by atoms with E-state index in [9.17, 15) is 9.18 Å². The van der Waals surface area contributed by atoms with Crippen molar-refractivity contribution in [2.75, 3.05) is 7.11 Å². The molecular weight excluding hydrogens is 263 g/mol. The summed E-state index contributed by atoms with van der Waals surface area (Å²) in [5, 5.41) is 0. The van der Waals surface area contributed by atoms with Gasteiger partial charge in [-0.1, -0.05) is 6.07 Å². The number of benzene rings is 1. The standard InChI is InChI=1S/C14H13FN2O3/c1-9-6-17-12(7-16-9)14(18)20-8-10-3-4-13(19-2)11(15)5-10/h3-7H,8H2,1-2H3. The zero-order chi connectivity index (χ0) is 14.5. The molecule has 2 aromatic rings. The Bertz CT molecular complexity index is 614. The molecule has 0 fully saturated rings. The maximum Gasteiger partial charge on any atom is 0.358 e. The fraction of sp³-hybridized carbons (Fsp3) is 0.214. The Kier molecular flexibility index (Phi) is 4.24. The molecule has 0 spiro atoms. The summed E-state index contributed by atoms with van der Waals surface area (Å²) in [6, 6.07) is 4.35. The molecule has 2 rings (SSSR count). The minimum absolute atomic E-state index is 0.0463. The van der Waals surface area contributed by atoms with E-state index in [1.165, 1.54) is 31.6 Å². The number of ether oxygens (including phenoxy) is 2. The molecule has 0 bridgehead atoms. The Morgan fingerprint density at radius 1 is 1.30 bits per heavy atom. The topological polar surface area (TPSA) is 61.3 Å². The van der Waals surface area contributed by atoms with E-state index in [1.807, 2.05) is 0 Å². The number of halogens is 1. The zero-order valence-electron chi connectivity index (χ0n) is 11.1. The fourth-order valence-electron chi connectivity index (χ4n) is 1.52. The molecule has 0 radical (unpaired) electrons. The van der Waals surface area contributed by atoms with E-state index in [4.69, 9.17) is 9.47 Å². The highest BCUT2D eigenvalue weighted by Gasteiger charge is 2.10. The summed E-state index contributed by atoms with van der Waals surface area (Å²) in [5.74, 6) is -0.964. The van der Waals surface area contributed by atoms with Crippen LogP contribution in [-0.2, 0) is 11.3 Å². The van der Waals surface area contributed by atoms with Gasteiger partial charge in [-0.2, -0.15) is 0 Å². The first-order chi connectivity index (χ1) is 9.60. The van der Waals surface area contributed by atoms with Crippen molar-refractivity contribution in [1.29, 1.82) is 0 Å². The van der Waals surface area contributed by atoms with Gasteiger partial charge in [-0.05, 0) is 24.6 Å². The Labute approximate surface area is 115 Å². The lowest BCUT2D eigenvalue weighted by Crippen LogP contribution is -2.08. The lowest BCUT2D eigenvalue weighted by atomic mass is 10.2. The minimum Gasteiger partial charge on any atom is -0.494 e. The van der Waals surface area contributed by atoms with Gasteiger partial charge in [-0.15, -0.1) is 0 Å². The van der Waals surface area contributed by atoms with Crippen LogP contribution in [0, 0.1) is 12.7 Å². The molecule has 0 amide bonds. The van der Waals surface area contributed by atoms with Crippen molar-refractivity contribution < 1.29 is 18.7 Å². The molecule has 1 heterocycles. The summed E-state index contributed by atoms with van der Waals surface area (Å²) in [7, 11) is 1.38. The Balaban J connectivity index is 1.99. The molecule has 1 aromatic carbocycles. The molecule has 0 aliphatic rings. The van der Waals surface area contributed by atoms with Crippen molar-refractivity contribution in [2.24, 2.45) is 0 Å². The van der Waals surface area contributed by atoms with Crippen LogP contribution in [0.15, 0.2) is 30.6 Å². The molecule has 5 nitrogen and oxygen atoms in total. The second-order valence-electron chi connectivity index (χ2n) is 4.09. The summed E-state index contributed by atoms with van der Waals surface area (Å²) in [6.07, 6.45) is 2.82. The van der Waals surface area contributed by atoms with Crippen LogP contribution in [0.4, 0.5) is 4.39 Å². The molecule has 0 aliphatic carbocycles. The fourth-order valence-corrected chi connectivity index (χ4v) is 1.52. The van der Waals surface area contributed by atoms with Gasteiger partial charge in [0.2, 0.25) is 0 Å². The van der Waals surface area contributed by atoms with E-state index in [2.05, 4.69) is 9.97 Å². The predicted molar refractivity (Wildman–Crippen MR) is 68.8 cm³/mol. The molecule has 104 valence electrons. The van der Waals surface area contributed by atoms with Crippen molar-refractivity contribution >= 4 is 5.97 Å². The number of nitrogens with zero attached hydrogens (tertiary/aromatic N) is 2. The van der Waals surface area contributed by atoms with Gasteiger partial charge in [0.05, 0.1) is 19.0 Å². The van der Waals surface area contributed by atoms with E-state index in [0.717, 1.165) is 0 Å². The van der Waals surface area contributed by atoms with Crippen molar-refractivity contribution in [3.05, 3.63) is 53.4 Å². The molecule has 0 saturated carbocycles. The van der Waals surface area contributed by atoms with Gasteiger partial charge < -0.3 is 9.47 Å². The van der Waals surface area contributed by atoms with Crippen LogP contribution in [0.3, 0.4) is 0 Å². The number of hydrogen-bond acceptors (Lipinski definition) is 5. The van der Waals surface area contributed by atoms with Crippen LogP contribution in [-0.4, -0.2) is 23.0 Å². The SMILES string of the molecule is COc1ccc(COC(=O)c2cnc(C)cn2)cc1F. The Hall–Kier alpha value is -2.50. The van der Waals surface area contributed by atoms with Gasteiger partial charge in [-0.25, -0.2) is 14.2 Å². The Morgan fingerprint density at radius 2 is 2.10 bits per heavy atom. The largest absolute Gasteiger partial charge is 0.494 e. The number of carbonyl (C=O) groups is 1. The lowest BCUT2D eigenvalue weighted by Gasteiger charge is -2.06. The molecule has 0 atom stereocenters. The molecule has 0 aliphatic heterocycles. The number of rotatable bonds is 4. The second-order valence-corrected chi connectivity index (χ2v) is 4.09. The highest BCUT2D eigenvalue weighted by Crippen LogP contribution is 2.18. The van der Waals surface area contributed by atoms with E-state index in [-0.39, 0.29) is 18.1 Å². The Morgan fingerprint density at radius 3 is 2.70 bits per heavy atom. The van der Waals surface area contributed by atoms with Crippen LogP contribution in [0.1, 0.15) is 21.7 Å². The van der Waals surface area contributed by atoms with E-state index < -0.39 is 11.8 Å². The van der Waals surface area contributed by atoms with Crippen LogP contribution < -0.4 is 4.74 Å². The van der Waals surface area contributed by atoms with Gasteiger partial charge in [0.15, 0.2) is 17.3 Å². The summed E-state index contributed by atoms with van der Waals surface area (Å²) in [5.41, 5.74) is 1.35. The third-order valence-electron chi connectivity index (χ3n) is 2.58. The third-order valence-corrected chi connectivity index (χ3v) is 2.58. The van der Waals surface area contributed by atoms with Gasteiger partial charge in [0.1, 0.15) is 6.61 Å². The molecule has 0 unspecified atom stereocenters. The van der Waals surface area contributed by atoms with Gasteiger partial charge in [0.25, 0.3) is 0 Å². The highest BCUT2D eigenvalue weighted by molar-refractivity contribution is 5.86. The summed E-state index contributed by atoms with van der Waals surface area (Å²) in [6.45, 7) is 1.72. The maximum absolute atomic E-state index is 13.5. The van der Waals surface area contributed by atoms with E-state index >= 15 is 0 Å². The van der Waals surface area contributed by atoms with Crippen LogP contribution in [0.25, 0.3) is 0 Å². The molecule has 1 aromatic heterocycles. The molecule has 0 N–H and O–H groups in total. The minimum atomic E-state index is -0.603. The number of aryl methyl sites for hydroxylation is 1. The number of aromatic nitrogens is 2. The maximum atomic E-state index is 13.5. The first-order valence-corrected chi connectivity index (χ1v) is 5.88. The quantitative estimate of drug-likeness (QED) is 0.802. The van der Waals surface area contributed by atoms with Crippen LogP contribution in [0.2, 0.25) is 0 Å². The van der Waals surface area contributed by atoms with Gasteiger partial charge >= 0.3 is 5.97 Å². The molecule has 6 heteroatoms. The smallest absolute Gasteiger partial charge is 0.358 e. The first-order valence-electron chi connectivity index (χ1n) is 5.88. The average Bonchev–Trinajstić information content (AvgIpc) is 2.45. The van der Waals surface area contributed by atoms with Crippen LogP contribution in [0.5, 0.6) is 5.75 Å². The molecular formula is C14H13FN2O3. The third kappa shape index (κ3) is 3.28. The number of methoxy groups -OCH3 is 1. The van der Waals surface area contributed by atoms with Crippen LogP contribution >= 0.6 is 0 Å².